The van der Waals surface area contributed by atoms with Crippen molar-refractivity contribution in [2.24, 2.45) is 0 Å². The van der Waals surface area contributed by atoms with E-state index in [0.29, 0.717) is 19.6 Å². The van der Waals surface area contributed by atoms with Gasteiger partial charge >= 0.3 is 6.03 Å². The Hall–Kier alpha value is -1.93. The quantitative estimate of drug-likeness (QED) is 0.652. The standard InChI is InChI=1S/C14H20N4O3S/c1-11(19)18-6-4-17(5-7-18)10-13(20)16-14(21)15-9-12-3-2-8-22-12/h2-3,8H,4-7,9-10H2,1H3,(H2,15,16,20,21)/p+1. The molecule has 0 spiro atoms. The summed E-state index contributed by atoms with van der Waals surface area (Å²) in [6, 6.07) is 3.36. The maximum Gasteiger partial charge on any atom is 0.321 e. The predicted octanol–water partition coefficient (Wildman–Crippen LogP) is -1.18. The minimum absolute atomic E-state index is 0.0662. The number of thiophene rings is 1. The Morgan fingerprint density at radius 2 is 2.05 bits per heavy atom. The second-order valence-electron chi connectivity index (χ2n) is 5.24. The second-order valence-corrected chi connectivity index (χ2v) is 6.28. The Bertz CT molecular complexity index is 524. The highest BCUT2D eigenvalue weighted by atomic mass is 32.1. The third-order valence-electron chi connectivity index (χ3n) is 3.58. The average Bonchev–Trinajstić information content (AvgIpc) is 2.99. The van der Waals surface area contributed by atoms with Gasteiger partial charge in [0, 0.05) is 11.8 Å². The van der Waals surface area contributed by atoms with E-state index in [1.165, 1.54) is 0 Å². The maximum absolute atomic E-state index is 11.8. The fraction of sp³-hybridized carbons (Fsp3) is 0.500. The van der Waals surface area contributed by atoms with Crippen molar-refractivity contribution in [2.45, 2.75) is 13.5 Å². The van der Waals surface area contributed by atoms with Crippen molar-refractivity contribution >= 4 is 29.2 Å². The van der Waals surface area contributed by atoms with Crippen molar-refractivity contribution in [1.82, 2.24) is 15.5 Å². The summed E-state index contributed by atoms with van der Waals surface area (Å²) >= 11 is 1.55. The van der Waals surface area contributed by atoms with E-state index in [0.717, 1.165) is 22.9 Å². The highest BCUT2D eigenvalue weighted by Gasteiger charge is 2.23. The molecule has 4 amide bonds. The maximum atomic E-state index is 11.8. The summed E-state index contributed by atoms with van der Waals surface area (Å²) in [5.41, 5.74) is 0. The Morgan fingerprint density at radius 3 is 2.64 bits per heavy atom. The summed E-state index contributed by atoms with van der Waals surface area (Å²) in [7, 11) is 0. The molecule has 1 aromatic heterocycles. The van der Waals surface area contributed by atoms with Crippen LogP contribution < -0.4 is 15.5 Å². The largest absolute Gasteiger partial charge is 0.333 e. The van der Waals surface area contributed by atoms with Crippen LogP contribution in [0.5, 0.6) is 0 Å². The predicted molar refractivity (Wildman–Crippen MR) is 82.5 cm³/mol. The minimum Gasteiger partial charge on any atom is -0.333 e. The molecule has 2 rings (SSSR count). The van der Waals surface area contributed by atoms with Gasteiger partial charge in [0.05, 0.1) is 32.7 Å². The fourth-order valence-corrected chi connectivity index (χ4v) is 2.98. The van der Waals surface area contributed by atoms with Gasteiger partial charge < -0.3 is 15.1 Å². The summed E-state index contributed by atoms with van der Waals surface area (Å²) < 4.78 is 0. The molecule has 2 heterocycles. The SMILES string of the molecule is CC(=O)N1CC[NH+](CC(=O)NC(=O)NCc2cccs2)CC1. The van der Waals surface area contributed by atoms with Gasteiger partial charge in [0.2, 0.25) is 5.91 Å². The number of nitrogens with one attached hydrogen (secondary N) is 3. The third-order valence-corrected chi connectivity index (χ3v) is 4.46. The van der Waals surface area contributed by atoms with Crippen molar-refractivity contribution in [2.75, 3.05) is 32.7 Å². The Kier molecular flexibility index (Phi) is 5.91. The molecule has 1 aliphatic rings. The molecule has 8 heteroatoms. The van der Waals surface area contributed by atoms with E-state index in [1.54, 1.807) is 23.2 Å². The van der Waals surface area contributed by atoms with Gasteiger partial charge in [-0.05, 0) is 11.4 Å². The molecule has 0 bridgehead atoms. The molecule has 1 aliphatic heterocycles. The van der Waals surface area contributed by atoms with Crippen molar-refractivity contribution < 1.29 is 19.3 Å². The van der Waals surface area contributed by atoms with Crippen LogP contribution in [0.1, 0.15) is 11.8 Å². The van der Waals surface area contributed by atoms with Crippen LogP contribution >= 0.6 is 11.3 Å². The molecular weight excluding hydrogens is 304 g/mol. The first-order chi connectivity index (χ1) is 10.5. The number of hydrogen-bond acceptors (Lipinski definition) is 4. The van der Waals surface area contributed by atoms with Crippen LogP contribution in [-0.4, -0.2) is 55.5 Å². The fourth-order valence-electron chi connectivity index (χ4n) is 2.34. The summed E-state index contributed by atoms with van der Waals surface area (Å²) in [5.74, 6) is -0.230. The van der Waals surface area contributed by atoms with Gasteiger partial charge in [-0.25, -0.2) is 4.79 Å². The molecule has 3 N–H and O–H groups in total. The van der Waals surface area contributed by atoms with E-state index in [2.05, 4.69) is 10.6 Å². The lowest BCUT2D eigenvalue weighted by atomic mass is 10.3. The number of urea groups is 1. The van der Waals surface area contributed by atoms with Crippen LogP contribution in [0.25, 0.3) is 0 Å². The van der Waals surface area contributed by atoms with E-state index in [1.807, 2.05) is 17.5 Å². The van der Waals surface area contributed by atoms with Crippen molar-refractivity contribution in [3.05, 3.63) is 22.4 Å². The first-order valence-corrected chi connectivity index (χ1v) is 8.11. The van der Waals surface area contributed by atoms with Gasteiger partial charge in [0.1, 0.15) is 0 Å². The number of nitrogens with zero attached hydrogens (tertiary/aromatic N) is 1. The first kappa shape index (κ1) is 16.4. The first-order valence-electron chi connectivity index (χ1n) is 7.23. The Morgan fingerprint density at radius 1 is 1.32 bits per heavy atom. The molecule has 22 heavy (non-hydrogen) atoms. The Balaban J connectivity index is 1.65. The van der Waals surface area contributed by atoms with Crippen molar-refractivity contribution in [1.29, 1.82) is 0 Å². The number of amides is 4. The zero-order valence-corrected chi connectivity index (χ0v) is 13.4. The molecule has 0 saturated carbocycles. The van der Waals surface area contributed by atoms with Gasteiger partial charge in [-0.1, -0.05) is 6.07 Å². The molecule has 1 fully saturated rings. The molecule has 0 radical (unpaired) electrons. The molecule has 7 nitrogen and oxygen atoms in total. The van der Waals surface area contributed by atoms with E-state index < -0.39 is 6.03 Å². The number of quaternary nitrogens is 1. The lowest BCUT2D eigenvalue weighted by Crippen LogP contribution is -3.15. The van der Waals surface area contributed by atoms with Gasteiger partial charge in [-0.3, -0.25) is 14.9 Å². The Labute approximate surface area is 133 Å². The average molecular weight is 325 g/mol. The number of hydrogen-bond donors (Lipinski definition) is 3. The van der Waals surface area contributed by atoms with Crippen molar-refractivity contribution in [3.63, 3.8) is 0 Å². The zero-order chi connectivity index (χ0) is 15.9. The molecule has 0 aromatic carbocycles. The molecule has 1 saturated heterocycles. The van der Waals surface area contributed by atoms with Crippen LogP contribution in [0.4, 0.5) is 4.79 Å². The zero-order valence-electron chi connectivity index (χ0n) is 12.6. The van der Waals surface area contributed by atoms with Crippen LogP contribution in [-0.2, 0) is 16.1 Å². The molecule has 0 aliphatic carbocycles. The molecular formula is C14H21N4O3S+. The van der Waals surface area contributed by atoms with Crippen LogP contribution in [0.15, 0.2) is 17.5 Å². The van der Waals surface area contributed by atoms with E-state index in [4.69, 9.17) is 0 Å². The molecule has 0 atom stereocenters. The highest BCUT2D eigenvalue weighted by molar-refractivity contribution is 7.09. The lowest BCUT2D eigenvalue weighted by Gasteiger charge is -2.31. The number of piperazine rings is 1. The van der Waals surface area contributed by atoms with Gasteiger partial charge in [0.15, 0.2) is 6.54 Å². The highest BCUT2D eigenvalue weighted by Crippen LogP contribution is 2.06. The van der Waals surface area contributed by atoms with Gasteiger partial charge in [0.25, 0.3) is 5.91 Å². The van der Waals surface area contributed by atoms with Crippen LogP contribution in [0, 0.1) is 0 Å². The molecule has 1 aromatic rings. The second kappa shape index (κ2) is 7.90. The van der Waals surface area contributed by atoms with Gasteiger partial charge in [-0.2, -0.15) is 0 Å². The summed E-state index contributed by atoms with van der Waals surface area (Å²) in [6.45, 7) is 4.98. The molecule has 120 valence electrons. The third kappa shape index (κ3) is 5.12. The molecule has 0 unspecified atom stereocenters. The summed E-state index contributed by atoms with van der Waals surface area (Å²) in [5, 5.41) is 6.93. The number of carbonyl (C=O) groups is 3. The topological polar surface area (TPSA) is 83.0 Å². The van der Waals surface area contributed by atoms with E-state index in [9.17, 15) is 14.4 Å². The minimum atomic E-state index is -0.472. The number of imide groups is 1. The lowest BCUT2D eigenvalue weighted by molar-refractivity contribution is -0.896. The summed E-state index contributed by atoms with van der Waals surface area (Å²) in [4.78, 5) is 38.6. The summed E-state index contributed by atoms with van der Waals surface area (Å²) in [6.07, 6.45) is 0. The van der Waals surface area contributed by atoms with E-state index in [-0.39, 0.29) is 18.4 Å². The van der Waals surface area contributed by atoms with E-state index >= 15 is 0 Å². The van der Waals surface area contributed by atoms with Crippen molar-refractivity contribution in [3.8, 4) is 0 Å². The van der Waals surface area contributed by atoms with Crippen LogP contribution in [0.2, 0.25) is 0 Å². The van der Waals surface area contributed by atoms with Gasteiger partial charge in [-0.15, -0.1) is 11.3 Å². The normalized spacial score (nSPS) is 15.4. The van der Waals surface area contributed by atoms with Crippen LogP contribution in [0.3, 0.4) is 0 Å². The smallest absolute Gasteiger partial charge is 0.321 e. The number of carbonyl (C=O) groups excluding carboxylic acids is 3. The monoisotopic (exact) mass is 325 g/mol. The number of rotatable bonds is 4.